The Kier molecular flexibility index (Phi) is 3.90. The zero-order chi connectivity index (χ0) is 13.2. The van der Waals surface area contributed by atoms with Crippen molar-refractivity contribution in [3.63, 3.8) is 0 Å². The predicted octanol–water partition coefficient (Wildman–Crippen LogP) is 1.88. The first-order valence-corrected chi connectivity index (χ1v) is 6.13. The molecule has 1 N–H and O–H groups in total. The minimum Gasteiger partial charge on any atom is -0.496 e. The summed E-state index contributed by atoms with van der Waals surface area (Å²) in [5.41, 5.74) is 1.87. The van der Waals surface area contributed by atoms with Crippen LogP contribution in [0.1, 0.15) is 25.0 Å². The van der Waals surface area contributed by atoms with Gasteiger partial charge in [-0.1, -0.05) is 12.1 Å². The van der Waals surface area contributed by atoms with Gasteiger partial charge in [-0.3, -0.25) is 0 Å². The fourth-order valence-electron chi connectivity index (χ4n) is 2.27. The number of rotatable bonds is 4. The molecule has 0 aromatic heterocycles. The first kappa shape index (κ1) is 13.3. The van der Waals surface area contributed by atoms with Crippen molar-refractivity contribution >= 4 is 0 Å². The Morgan fingerprint density at radius 2 is 2.22 bits per heavy atom. The molecule has 1 atom stereocenters. The summed E-state index contributed by atoms with van der Waals surface area (Å²) in [6.07, 6.45) is 0.685. The molecule has 0 bridgehead atoms. The highest BCUT2D eigenvalue weighted by molar-refractivity contribution is 5.40. The van der Waals surface area contributed by atoms with Crippen LogP contribution < -0.4 is 4.74 Å². The summed E-state index contributed by atoms with van der Waals surface area (Å²) in [5, 5.41) is 9.39. The van der Waals surface area contributed by atoms with Gasteiger partial charge in [-0.2, -0.15) is 0 Å². The average Bonchev–Trinajstić information content (AvgIpc) is 2.69. The van der Waals surface area contributed by atoms with Crippen molar-refractivity contribution in [2.75, 3.05) is 13.7 Å². The van der Waals surface area contributed by atoms with E-state index in [-0.39, 0.29) is 12.7 Å². The monoisotopic (exact) mass is 252 g/mol. The average molecular weight is 252 g/mol. The highest BCUT2D eigenvalue weighted by Crippen LogP contribution is 2.29. The van der Waals surface area contributed by atoms with Crippen molar-refractivity contribution in [2.45, 2.75) is 38.8 Å². The molecule has 1 fully saturated rings. The van der Waals surface area contributed by atoms with Gasteiger partial charge in [0.25, 0.3) is 0 Å². The molecule has 0 radical (unpaired) electrons. The predicted molar refractivity (Wildman–Crippen MR) is 67.5 cm³/mol. The van der Waals surface area contributed by atoms with Gasteiger partial charge in [0, 0.05) is 12.0 Å². The van der Waals surface area contributed by atoms with Crippen molar-refractivity contribution in [1.29, 1.82) is 0 Å². The minimum absolute atomic E-state index is 0.00148. The molecular weight excluding hydrogens is 232 g/mol. The zero-order valence-electron chi connectivity index (χ0n) is 11.1. The molecule has 0 aliphatic carbocycles. The summed E-state index contributed by atoms with van der Waals surface area (Å²) in [4.78, 5) is 0. The third-order valence-electron chi connectivity index (χ3n) is 3.12. The van der Waals surface area contributed by atoms with Crippen molar-refractivity contribution in [3.8, 4) is 5.75 Å². The quantitative estimate of drug-likeness (QED) is 0.889. The molecule has 0 amide bonds. The summed E-state index contributed by atoms with van der Waals surface area (Å²) in [6.45, 7) is 4.38. The lowest BCUT2D eigenvalue weighted by atomic mass is 10.0. The van der Waals surface area contributed by atoms with E-state index in [1.54, 1.807) is 7.11 Å². The van der Waals surface area contributed by atoms with Crippen LogP contribution in [0.3, 0.4) is 0 Å². The SMILES string of the molecule is COc1cccc(CO)c1CC1COC(C)(C)O1. The molecule has 0 spiro atoms. The number of aliphatic hydroxyl groups is 1. The molecule has 4 nitrogen and oxygen atoms in total. The summed E-state index contributed by atoms with van der Waals surface area (Å²) in [7, 11) is 1.63. The Bertz CT molecular complexity index is 392. The molecule has 2 rings (SSSR count). The normalized spacial score (nSPS) is 22.1. The molecule has 1 heterocycles. The highest BCUT2D eigenvalue weighted by Gasteiger charge is 2.33. The molecule has 1 aromatic carbocycles. The van der Waals surface area contributed by atoms with Crippen LogP contribution in [0.4, 0.5) is 0 Å². The smallest absolute Gasteiger partial charge is 0.163 e. The lowest BCUT2D eigenvalue weighted by Crippen LogP contribution is -2.22. The second-order valence-corrected chi connectivity index (χ2v) is 4.91. The number of benzene rings is 1. The van der Waals surface area contributed by atoms with Crippen LogP contribution in [0, 0.1) is 0 Å². The Balaban J connectivity index is 2.18. The van der Waals surface area contributed by atoms with E-state index < -0.39 is 5.79 Å². The summed E-state index contributed by atoms with van der Waals surface area (Å²) in [5.74, 6) is 0.265. The van der Waals surface area contributed by atoms with Crippen LogP contribution in [-0.2, 0) is 22.5 Å². The van der Waals surface area contributed by atoms with Crippen LogP contribution in [-0.4, -0.2) is 30.7 Å². The van der Waals surface area contributed by atoms with E-state index in [9.17, 15) is 5.11 Å². The van der Waals surface area contributed by atoms with Crippen molar-refractivity contribution < 1.29 is 19.3 Å². The fraction of sp³-hybridized carbons (Fsp3) is 0.571. The van der Waals surface area contributed by atoms with E-state index in [0.717, 1.165) is 16.9 Å². The third kappa shape index (κ3) is 2.83. The highest BCUT2D eigenvalue weighted by atomic mass is 16.7. The summed E-state index contributed by atoms with van der Waals surface area (Å²) < 4.78 is 16.7. The van der Waals surface area contributed by atoms with Crippen LogP contribution in [0.2, 0.25) is 0 Å². The molecule has 1 aliphatic heterocycles. The van der Waals surface area contributed by atoms with Crippen LogP contribution in [0.15, 0.2) is 18.2 Å². The standard InChI is InChI=1S/C14H20O4/c1-14(2)17-9-11(18-14)7-12-10(8-15)5-4-6-13(12)16-3/h4-6,11,15H,7-9H2,1-3H3. The fourth-order valence-corrected chi connectivity index (χ4v) is 2.27. The maximum absolute atomic E-state index is 9.39. The largest absolute Gasteiger partial charge is 0.496 e. The van der Waals surface area contributed by atoms with Crippen molar-refractivity contribution in [1.82, 2.24) is 0 Å². The second kappa shape index (κ2) is 5.26. The molecule has 18 heavy (non-hydrogen) atoms. The van der Waals surface area contributed by atoms with Crippen LogP contribution in [0.25, 0.3) is 0 Å². The number of hydrogen-bond donors (Lipinski definition) is 1. The van der Waals surface area contributed by atoms with Crippen LogP contribution in [0.5, 0.6) is 5.75 Å². The summed E-state index contributed by atoms with van der Waals surface area (Å²) in [6, 6.07) is 5.68. The van der Waals surface area contributed by atoms with Gasteiger partial charge in [-0.25, -0.2) is 0 Å². The molecule has 1 saturated heterocycles. The molecule has 4 heteroatoms. The van der Waals surface area contributed by atoms with Crippen LogP contribution >= 0.6 is 0 Å². The molecular formula is C14H20O4. The summed E-state index contributed by atoms with van der Waals surface area (Å²) >= 11 is 0. The minimum atomic E-state index is -0.522. The van der Waals surface area contributed by atoms with Gasteiger partial charge >= 0.3 is 0 Å². The Hall–Kier alpha value is -1.10. The van der Waals surface area contributed by atoms with E-state index >= 15 is 0 Å². The first-order valence-electron chi connectivity index (χ1n) is 6.13. The van der Waals surface area contributed by atoms with E-state index in [1.165, 1.54) is 0 Å². The maximum Gasteiger partial charge on any atom is 0.163 e. The molecule has 1 aliphatic rings. The van der Waals surface area contributed by atoms with E-state index in [0.29, 0.717) is 13.0 Å². The molecule has 100 valence electrons. The Labute approximate surface area is 107 Å². The van der Waals surface area contributed by atoms with Crippen molar-refractivity contribution in [2.24, 2.45) is 0 Å². The van der Waals surface area contributed by atoms with E-state index in [1.807, 2.05) is 32.0 Å². The lowest BCUT2D eigenvalue weighted by Gasteiger charge is -2.19. The van der Waals surface area contributed by atoms with Gasteiger partial charge in [0.05, 0.1) is 26.4 Å². The van der Waals surface area contributed by atoms with Gasteiger partial charge in [-0.15, -0.1) is 0 Å². The number of ether oxygens (including phenoxy) is 3. The van der Waals surface area contributed by atoms with Gasteiger partial charge in [0.2, 0.25) is 0 Å². The molecule has 1 aromatic rings. The molecule has 1 unspecified atom stereocenters. The van der Waals surface area contributed by atoms with E-state index in [2.05, 4.69) is 0 Å². The van der Waals surface area contributed by atoms with Gasteiger partial charge in [0.1, 0.15) is 5.75 Å². The van der Waals surface area contributed by atoms with Gasteiger partial charge in [-0.05, 0) is 25.5 Å². The maximum atomic E-state index is 9.39. The number of aliphatic hydroxyl groups excluding tert-OH is 1. The Morgan fingerprint density at radius 3 is 2.78 bits per heavy atom. The zero-order valence-corrected chi connectivity index (χ0v) is 11.1. The second-order valence-electron chi connectivity index (χ2n) is 4.91. The van der Waals surface area contributed by atoms with Gasteiger partial charge in [0.15, 0.2) is 5.79 Å². The van der Waals surface area contributed by atoms with Crippen molar-refractivity contribution in [3.05, 3.63) is 29.3 Å². The lowest BCUT2D eigenvalue weighted by molar-refractivity contribution is -0.138. The Morgan fingerprint density at radius 1 is 1.44 bits per heavy atom. The number of methoxy groups -OCH3 is 1. The molecule has 0 saturated carbocycles. The van der Waals surface area contributed by atoms with E-state index in [4.69, 9.17) is 14.2 Å². The third-order valence-corrected chi connectivity index (χ3v) is 3.12. The topological polar surface area (TPSA) is 47.9 Å². The number of hydrogen-bond acceptors (Lipinski definition) is 4. The van der Waals surface area contributed by atoms with Gasteiger partial charge < -0.3 is 19.3 Å². The first-order chi connectivity index (χ1) is 8.55.